The Kier molecular flexibility index (Phi) is 5.76. The molecule has 0 saturated heterocycles. The van der Waals surface area contributed by atoms with Crippen LogP contribution in [-0.4, -0.2) is 29.7 Å². The lowest BCUT2D eigenvalue weighted by molar-refractivity contribution is 0.410. The van der Waals surface area contributed by atoms with Gasteiger partial charge in [-0.25, -0.2) is 24.3 Å². The Hall–Kier alpha value is -4.86. The zero-order valence-electron chi connectivity index (χ0n) is 19.0. The number of benzene rings is 2. The van der Waals surface area contributed by atoms with Gasteiger partial charge in [0.1, 0.15) is 0 Å². The van der Waals surface area contributed by atoms with E-state index in [9.17, 15) is 0 Å². The molecule has 174 valence electrons. The Morgan fingerprint density at radius 2 is 1.77 bits per heavy atom. The molecule has 3 aromatic heterocycles. The van der Waals surface area contributed by atoms with Crippen LogP contribution >= 0.6 is 0 Å². The number of aryl methyl sites for hydroxylation is 2. The summed E-state index contributed by atoms with van der Waals surface area (Å²) in [6.07, 6.45) is 6.69. The average molecular weight is 468 g/mol. The van der Waals surface area contributed by atoms with Crippen molar-refractivity contribution in [3.05, 3.63) is 84.8 Å². The van der Waals surface area contributed by atoms with Crippen molar-refractivity contribution in [2.45, 2.75) is 6.92 Å². The lowest BCUT2D eigenvalue weighted by atomic mass is 10.0. The van der Waals surface area contributed by atoms with Crippen LogP contribution in [-0.2, 0) is 7.05 Å². The van der Waals surface area contributed by atoms with E-state index in [-0.39, 0.29) is 11.8 Å². The van der Waals surface area contributed by atoms with Crippen molar-refractivity contribution in [3.8, 4) is 34.1 Å². The Morgan fingerprint density at radius 1 is 0.971 bits per heavy atom. The predicted molar refractivity (Wildman–Crippen MR) is 131 cm³/mol. The van der Waals surface area contributed by atoms with Gasteiger partial charge in [0.2, 0.25) is 5.95 Å². The molecule has 5 aromatic rings. The topological polar surface area (TPSA) is 117 Å². The fourth-order valence-corrected chi connectivity index (χ4v) is 3.45. The van der Waals surface area contributed by atoms with Crippen molar-refractivity contribution in [2.75, 3.05) is 11.1 Å². The molecule has 0 radical (unpaired) electrons. The zero-order valence-corrected chi connectivity index (χ0v) is 19.0. The van der Waals surface area contributed by atoms with Crippen molar-refractivity contribution >= 4 is 17.3 Å². The SMILES string of the molecule is Cc1ccnc(Oc2ccc(-c3cnc(Nc4cnn(C)c4)nc3-c3ccc(N)cc3)cc2F)n1. The molecule has 0 atom stereocenters. The highest BCUT2D eigenvalue weighted by atomic mass is 19.1. The third-order valence-electron chi connectivity index (χ3n) is 5.15. The van der Waals surface area contributed by atoms with Crippen LogP contribution in [0.2, 0.25) is 0 Å². The molecule has 10 heteroatoms. The van der Waals surface area contributed by atoms with Gasteiger partial charge in [-0.2, -0.15) is 5.10 Å². The van der Waals surface area contributed by atoms with Crippen molar-refractivity contribution in [1.82, 2.24) is 29.7 Å². The number of rotatable bonds is 6. The number of nitrogens with two attached hydrogens (primary N) is 1. The molecular formula is C25H21FN8O. The van der Waals surface area contributed by atoms with Crippen LogP contribution in [0, 0.1) is 12.7 Å². The third kappa shape index (κ3) is 4.91. The molecule has 35 heavy (non-hydrogen) atoms. The van der Waals surface area contributed by atoms with Gasteiger partial charge in [0.25, 0.3) is 0 Å². The maximum absolute atomic E-state index is 15.0. The first-order valence-electron chi connectivity index (χ1n) is 10.7. The molecule has 0 aliphatic carbocycles. The smallest absolute Gasteiger partial charge is 0.322 e. The molecule has 2 aromatic carbocycles. The van der Waals surface area contributed by atoms with Gasteiger partial charge < -0.3 is 15.8 Å². The highest BCUT2D eigenvalue weighted by molar-refractivity contribution is 5.82. The van der Waals surface area contributed by atoms with Gasteiger partial charge in [-0.1, -0.05) is 18.2 Å². The number of nitrogen functional groups attached to an aromatic ring is 1. The van der Waals surface area contributed by atoms with Crippen LogP contribution in [0.1, 0.15) is 5.69 Å². The third-order valence-corrected chi connectivity index (χ3v) is 5.15. The number of ether oxygens (including phenoxy) is 1. The van der Waals surface area contributed by atoms with E-state index in [2.05, 4.69) is 25.4 Å². The van der Waals surface area contributed by atoms with Gasteiger partial charge in [-0.05, 0) is 42.8 Å². The molecule has 0 bridgehead atoms. The summed E-state index contributed by atoms with van der Waals surface area (Å²) >= 11 is 0. The lowest BCUT2D eigenvalue weighted by Crippen LogP contribution is -2.00. The molecule has 9 nitrogen and oxygen atoms in total. The van der Waals surface area contributed by atoms with Gasteiger partial charge in [0.15, 0.2) is 11.6 Å². The van der Waals surface area contributed by atoms with Crippen LogP contribution < -0.4 is 15.8 Å². The molecule has 0 amide bonds. The number of halogens is 1. The van der Waals surface area contributed by atoms with Crippen LogP contribution in [0.25, 0.3) is 22.4 Å². The molecule has 0 saturated carbocycles. The average Bonchev–Trinajstić information content (AvgIpc) is 3.25. The zero-order chi connectivity index (χ0) is 24.4. The first-order valence-corrected chi connectivity index (χ1v) is 10.7. The quantitative estimate of drug-likeness (QED) is 0.338. The molecule has 3 heterocycles. The van der Waals surface area contributed by atoms with Crippen LogP contribution in [0.5, 0.6) is 11.8 Å². The number of nitrogens with one attached hydrogen (secondary N) is 1. The molecule has 5 rings (SSSR count). The highest BCUT2D eigenvalue weighted by Gasteiger charge is 2.15. The summed E-state index contributed by atoms with van der Waals surface area (Å²) in [5.41, 5.74) is 10.6. The van der Waals surface area contributed by atoms with Crippen molar-refractivity contribution in [1.29, 1.82) is 0 Å². The second-order valence-electron chi connectivity index (χ2n) is 7.83. The van der Waals surface area contributed by atoms with E-state index in [1.165, 1.54) is 12.1 Å². The maximum atomic E-state index is 15.0. The molecule has 0 fully saturated rings. The Morgan fingerprint density at radius 3 is 2.49 bits per heavy atom. The minimum Gasteiger partial charge on any atom is -0.421 e. The van der Waals surface area contributed by atoms with Crippen molar-refractivity contribution in [3.63, 3.8) is 0 Å². The summed E-state index contributed by atoms with van der Waals surface area (Å²) in [4.78, 5) is 17.3. The summed E-state index contributed by atoms with van der Waals surface area (Å²) < 4.78 is 22.2. The summed E-state index contributed by atoms with van der Waals surface area (Å²) in [5, 5.41) is 7.28. The van der Waals surface area contributed by atoms with Crippen LogP contribution in [0.4, 0.5) is 21.7 Å². The van der Waals surface area contributed by atoms with Crippen LogP contribution in [0.3, 0.4) is 0 Å². The maximum Gasteiger partial charge on any atom is 0.322 e. The molecule has 0 spiro atoms. The molecule has 0 aliphatic rings. The van der Waals surface area contributed by atoms with E-state index in [4.69, 9.17) is 15.5 Å². The van der Waals surface area contributed by atoms with E-state index in [0.717, 1.165) is 16.9 Å². The van der Waals surface area contributed by atoms with Gasteiger partial charge in [0.05, 0.1) is 17.6 Å². The highest BCUT2D eigenvalue weighted by Crippen LogP contribution is 2.34. The first kappa shape index (κ1) is 22.0. The molecular weight excluding hydrogens is 447 g/mol. The van der Waals surface area contributed by atoms with E-state index < -0.39 is 5.82 Å². The molecule has 0 unspecified atom stereocenters. The first-order chi connectivity index (χ1) is 16.9. The molecule has 3 N–H and O–H groups in total. The summed E-state index contributed by atoms with van der Waals surface area (Å²) in [6, 6.07) is 13.7. The summed E-state index contributed by atoms with van der Waals surface area (Å²) in [6.45, 7) is 1.81. The fraction of sp³-hybridized carbons (Fsp3) is 0.0800. The second-order valence-corrected chi connectivity index (χ2v) is 7.83. The monoisotopic (exact) mass is 468 g/mol. The minimum atomic E-state index is -0.562. The fourth-order valence-electron chi connectivity index (χ4n) is 3.45. The number of aromatic nitrogens is 6. The van der Waals surface area contributed by atoms with E-state index >= 15 is 4.39 Å². The Bertz CT molecular complexity index is 1500. The Balaban J connectivity index is 1.52. The normalized spacial score (nSPS) is 10.8. The van der Waals surface area contributed by atoms with Gasteiger partial charge >= 0.3 is 6.01 Å². The van der Waals surface area contributed by atoms with Crippen LogP contribution in [0.15, 0.2) is 73.3 Å². The van der Waals surface area contributed by atoms with Crippen molar-refractivity contribution < 1.29 is 9.13 Å². The number of nitrogens with zero attached hydrogens (tertiary/aromatic N) is 6. The Labute approximate surface area is 200 Å². The number of anilines is 3. The lowest BCUT2D eigenvalue weighted by Gasteiger charge is -2.13. The van der Waals surface area contributed by atoms with E-state index in [0.29, 0.717) is 28.5 Å². The second kappa shape index (κ2) is 9.18. The van der Waals surface area contributed by atoms with Gasteiger partial charge in [-0.15, -0.1) is 0 Å². The van der Waals surface area contributed by atoms with Gasteiger partial charge in [0, 0.05) is 48.1 Å². The standard InChI is InChI=1S/C25H21FN8O/c1-15-9-10-28-25(31-15)35-22-8-5-17(11-21(22)26)20-13-29-24(32-19-12-30-34(2)14-19)33-23(20)16-3-6-18(27)7-4-16/h3-14H,27H2,1-2H3,(H,29,32,33). The largest absolute Gasteiger partial charge is 0.421 e. The summed E-state index contributed by atoms with van der Waals surface area (Å²) in [7, 11) is 1.82. The summed E-state index contributed by atoms with van der Waals surface area (Å²) in [5.74, 6) is -0.164. The molecule has 0 aliphatic heterocycles. The minimum absolute atomic E-state index is 0.0177. The van der Waals surface area contributed by atoms with Crippen molar-refractivity contribution in [2.24, 2.45) is 7.05 Å². The number of hydrogen-bond acceptors (Lipinski definition) is 8. The number of hydrogen-bond donors (Lipinski definition) is 2. The predicted octanol–water partition coefficient (Wildman–Crippen LogP) is 4.90. The van der Waals surface area contributed by atoms with Gasteiger partial charge in [-0.3, -0.25) is 4.68 Å². The van der Waals surface area contributed by atoms with E-state index in [1.54, 1.807) is 54.5 Å². The van der Waals surface area contributed by atoms with E-state index in [1.807, 2.05) is 25.4 Å².